The van der Waals surface area contributed by atoms with Crippen LogP contribution in [0.15, 0.2) is 16.9 Å². The molecule has 2 amide bonds. The largest absolute Gasteiger partial charge is 0.363 e. The van der Waals surface area contributed by atoms with Crippen LogP contribution in [-0.4, -0.2) is 26.7 Å². The lowest BCUT2D eigenvalue weighted by molar-refractivity contribution is -0.124. The molecule has 1 N–H and O–H groups in total. The Hall–Kier alpha value is -2.18. The first-order valence-corrected chi connectivity index (χ1v) is 5.78. The minimum atomic E-state index is -0.569. The summed E-state index contributed by atoms with van der Waals surface area (Å²) in [6.07, 6.45) is 4.91. The number of hydrogen-bond acceptors (Lipinski definition) is 4. The number of rotatable bonds is 1. The maximum absolute atomic E-state index is 12.2. The highest BCUT2D eigenvalue weighted by Crippen LogP contribution is 2.33. The number of H-pyrrole nitrogens is 1. The molecule has 18 heavy (non-hydrogen) atoms. The van der Waals surface area contributed by atoms with Gasteiger partial charge in [-0.3, -0.25) is 9.59 Å². The summed E-state index contributed by atoms with van der Waals surface area (Å²) in [6, 6.07) is 0. The number of aromatic nitrogens is 3. The first-order valence-electron chi connectivity index (χ1n) is 5.78. The molecule has 2 heterocycles. The van der Waals surface area contributed by atoms with E-state index < -0.39 is 5.69 Å². The summed E-state index contributed by atoms with van der Waals surface area (Å²) in [7, 11) is 0. The molecule has 1 aliphatic heterocycles. The number of carbonyl (C=O) groups excluding carboxylic acids is 2. The molecule has 2 atom stereocenters. The monoisotopic (exact) mass is 248 g/mol. The van der Waals surface area contributed by atoms with Crippen LogP contribution < -0.4 is 10.7 Å². The number of hydrogen-bond donors (Lipinski definition) is 1. The Morgan fingerprint density at radius 2 is 1.72 bits per heavy atom. The molecule has 7 nitrogen and oxygen atoms in total. The van der Waals surface area contributed by atoms with E-state index in [-0.39, 0.29) is 23.7 Å². The molecule has 0 bridgehead atoms. The van der Waals surface area contributed by atoms with E-state index in [9.17, 15) is 14.4 Å². The normalized spacial score (nSPS) is 26.8. The Labute approximate surface area is 102 Å². The Balaban J connectivity index is 2.07. The Kier molecular flexibility index (Phi) is 2.22. The molecule has 0 saturated carbocycles. The lowest BCUT2D eigenvalue weighted by atomic mass is 9.85. The third-order valence-corrected chi connectivity index (χ3v) is 3.50. The molecule has 1 aromatic rings. The van der Waals surface area contributed by atoms with Crippen molar-refractivity contribution in [2.45, 2.75) is 19.8 Å². The van der Waals surface area contributed by atoms with Crippen LogP contribution in [0.4, 0.5) is 0 Å². The molecule has 1 saturated heterocycles. The van der Waals surface area contributed by atoms with Crippen LogP contribution in [-0.2, 0) is 9.59 Å². The van der Waals surface area contributed by atoms with Crippen molar-refractivity contribution >= 4 is 11.8 Å². The van der Waals surface area contributed by atoms with E-state index >= 15 is 0 Å². The summed E-state index contributed by atoms with van der Waals surface area (Å²) in [5, 5.41) is 6.88. The number of nitrogens with zero attached hydrogens (tertiary/aromatic N) is 3. The van der Waals surface area contributed by atoms with Gasteiger partial charge in [0.05, 0.1) is 11.8 Å². The lowest BCUT2D eigenvalue weighted by Gasteiger charge is -2.14. The summed E-state index contributed by atoms with van der Waals surface area (Å²) in [6.45, 7) is 1.57. The number of allylic oxidation sites excluding steroid dienone is 2. The van der Waals surface area contributed by atoms with Crippen molar-refractivity contribution in [1.82, 2.24) is 14.9 Å². The second-order valence-electron chi connectivity index (χ2n) is 4.53. The van der Waals surface area contributed by atoms with Crippen molar-refractivity contribution in [2.75, 3.05) is 5.01 Å². The molecule has 0 radical (unpaired) electrons. The number of nitrogens with one attached hydrogen (secondary N) is 1. The molecule has 1 fully saturated rings. The summed E-state index contributed by atoms with van der Waals surface area (Å²) < 4.78 is 1.02. The minimum absolute atomic E-state index is 0.299. The predicted molar refractivity (Wildman–Crippen MR) is 61.2 cm³/mol. The topological polar surface area (TPSA) is 88.1 Å². The predicted octanol–water partition coefficient (Wildman–Crippen LogP) is -0.533. The van der Waals surface area contributed by atoms with E-state index in [2.05, 4.69) is 10.2 Å². The fourth-order valence-electron chi connectivity index (χ4n) is 2.59. The summed E-state index contributed by atoms with van der Waals surface area (Å²) in [4.78, 5) is 36.1. The number of aromatic amines is 1. The number of amides is 2. The Morgan fingerprint density at radius 1 is 1.17 bits per heavy atom. The van der Waals surface area contributed by atoms with Crippen molar-refractivity contribution in [3.05, 3.63) is 28.5 Å². The number of carbonyl (C=O) groups is 2. The van der Waals surface area contributed by atoms with Crippen molar-refractivity contribution in [3.63, 3.8) is 0 Å². The quantitative estimate of drug-likeness (QED) is 0.534. The number of aryl methyl sites for hydroxylation is 1. The van der Waals surface area contributed by atoms with E-state index in [0.717, 1.165) is 9.69 Å². The summed E-state index contributed by atoms with van der Waals surface area (Å²) >= 11 is 0. The number of fused-ring (bicyclic) bond motifs is 1. The molecule has 94 valence electrons. The minimum Gasteiger partial charge on any atom is -0.272 e. The third kappa shape index (κ3) is 1.30. The molecule has 2 aliphatic rings. The van der Waals surface area contributed by atoms with E-state index in [1.807, 2.05) is 12.2 Å². The molecule has 7 heteroatoms. The highest BCUT2D eigenvalue weighted by atomic mass is 16.2. The van der Waals surface area contributed by atoms with Crippen LogP contribution in [0, 0.1) is 18.8 Å². The van der Waals surface area contributed by atoms with Gasteiger partial charge in [0.25, 0.3) is 11.8 Å². The Morgan fingerprint density at radius 3 is 2.17 bits per heavy atom. The molecule has 1 aliphatic carbocycles. The maximum atomic E-state index is 12.2. The standard InChI is InChI=1S/C11H12N4O3/c1-6-12-13-11(18)14(6)15-9(16)7-4-2-3-5-8(7)10(15)17/h2-3,7-8H,4-5H2,1H3,(H,13,18). The molecule has 1 aromatic heterocycles. The first-order chi connectivity index (χ1) is 8.61. The summed E-state index contributed by atoms with van der Waals surface area (Å²) in [5.74, 6) is -1.03. The average Bonchev–Trinajstić information content (AvgIpc) is 2.81. The molecular weight excluding hydrogens is 236 g/mol. The fraction of sp³-hybridized carbons (Fsp3) is 0.455. The molecule has 0 spiro atoms. The van der Waals surface area contributed by atoms with Gasteiger partial charge in [-0.15, -0.1) is 0 Å². The van der Waals surface area contributed by atoms with Gasteiger partial charge in [0.1, 0.15) is 0 Å². The van der Waals surface area contributed by atoms with Gasteiger partial charge >= 0.3 is 5.69 Å². The fourth-order valence-corrected chi connectivity index (χ4v) is 2.59. The molecule has 0 aromatic carbocycles. The zero-order chi connectivity index (χ0) is 12.9. The highest BCUT2D eigenvalue weighted by Gasteiger charge is 2.49. The van der Waals surface area contributed by atoms with Gasteiger partial charge in [0.15, 0.2) is 5.82 Å². The molecule has 3 rings (SSSR count). The van der Waals surface area contributed by atoms with Gasteiger partial charge in [-0.2, -0.15) is 14.8 Å². The van der Waals surface area contributed by atoms with Gasteiger partial charge < -0.3 is 0 Å². The van der Waals surface area contributed by atoms with Gasteiger partial charge in [0.2, 0.25) is 0 Å². The smallest absolute Gasteiger partial charge is 0.272 e. The van der Waals surface area contributed by atoms with E-state index in [1.165, 1.54) is 0 Å². The van der Waals surface area contributed by atoms with Crippen molar-refractivity contribution < 1.29 is 9.59 Å². The van der Waals surface area contributed by atoms with Crippen molar-refractivity contribution in [3.8, 4) is 0 Å². The van der Waals surface area contributed by atoms with Gasteiger partial charge in [-0.25, -0.2) is 9.89 Å². The van der Waals surface area contributed by atoms with Crippen molar-refractivity contribution in [1.29, 1.82) is 0 Å². The van der Waals surface area contributed by atoms with Gasteiger partial charge in [0, 0.05) is 0 Å². The van der Waals surface area contributed by atoms with Crippen LogP contribution >= 0.6 is 0 Å². The zero-order valence-corrected chi connectivity index (χ0v) is 9.79. The van der Waals surface area contributed by atoms with Gasteiger partial charge in [-0.05, 0) is 19.8 Å². The van der Waals surface area contributed by atoms with E-state index in [4.69, 9.17) is 0 Å². The third-order valence-electron chi connectivity index (χ3n) is 3.50. The maximum Gasteiger partial charge on any atom is 0.363 e. The lowest BCUT2D eigenvalue weighted by Crippen LogP contribution is -2.46. The highest BCUT2D eigenvalue weighted by molar-refractivity contribution is 6.16. The van der Waals surface area contributed by atoms with Crippen LogP contribution in [0.25, 0.3) is 0 Å². The summed E-state index contributed by atoms with van der Waals surface area (Å²) in [5.41, 5.74) is -0.569. The van der Waals surface area contributed by atoms with Crippen LogP contribution in [0.1, 0.15) is 18.7 Å². The van der Waals surface area contributed by atoms with Crippen LogP contribution in [0.5, 0.6) is 0 Å². The molecule has 2 unspecified atom stereocenters. The molecular formula is C11H12N4O3. The average molecular weight is 248 g/mol. The first kappa shape index (κ1) is 10.9. The van der Waals surface area contributed by atoms with E-state index in [1.54, 1.807) is 6.92 Å². The van der Waals surface area contributed by atoms with E-state index in [0.29, 0.717) is 18.7 Å². The second kappa shape index (κ2) is 3.66. The van der Waals surface area contributed by atoms with Crippen molar-refractivity contribution in [2.24, 2.45) is 11.8 Å². The SMILES string of the molecule is Cc1n[nH]c(=O)n1N1C(=O)C2CC=CCC2C1=O. The van der Waals surface area contributed by atoms with Crippen LogP contribution in [0.2, 0.25) is 0 Å². The second-order valence-corrected chi connectivity index (χ2v) is 4.53. The zero-order valence-electron chi connectivity index (χ0n) is 9.79. The van der Waals surface area contributed by atoms with Crippen LogP contribution in [0.3, 0.4) is 0 Å². The Bertz CT molecular complexity index is 586. The number of imide groups is 1. The van der Waals surface area contributed by atoms with Gasteiger partial charge in [-0.1, -0.05) is 12.2 Å².